The number of benzene rings is 7. The van der Waals surface area contributed by atoms with Gasteiger partial charge in [0.25, 0.3) is 6.71 Å². The Morgan fingerprint density at radius 3 is 1.59 bits per heavy atom. The normalized spacial score (nSPS) is 21.1. The molecule has 2 bridgehead atoms. The lowest BCUT2D eigenvalue weighted by Gasteiger charge is -2.47. The van der Waals surface area contributed by atoms with Gasteiger partial charge in [0.05, 0.1) is 11.4 Å². The van der Waals surface area contributed by atoms with Crippen molar-refractivity contribution in [3.8, 4) is 0 Å². The van der Waals surface area contributed by atoms with E-state index in [4.69, 9.17) is 0 Å². The molecule has 0 amide bonds. The summed E-state index contributed by atoms with van der Waals surface area (Å²) in [6.07, 6.45) is 7.56. The lowest BCUT2D eigenvalue weighted by molar-refractivity contribution is 0.248. The van der Waals surface area contributed by atoms with Crippen LogP contribution in [0, 0.1) is 5.92 Å². The Labute approximate surface area is 446 Å². The first-order valence-electron chi connectivity index (χ1n) is 27.9. The fraction of sp³-hybridized carbons (Fsp3) is 0.362. The Morgan fingerprint density at radius 1 is 0.541 bits per heavy atom. The Morgan fingerprint density at radius 2 is 1.05 bits per heavy atom. The van der Waals surface area contributed by atoms with Crippen molar-refractivity contribution in [2.24, 2.45) is 5.92 Å². The van der Waals surface area contributed by atoms with Gasteiger partial charge < -0.3 is 14.7 Å². The summed E-state index contributed by atoms with van der Waals surface area (Å²) < 4.78 is 2.89. The number of anilines is 9. The molecule has 0 spiro atoms. The van der Waals surface area contributed by atoms with Crippen molar-refractivity contribution in [1.82, 2.24) is 0 Å². The molecule has 4 aliphatic carbocycles. The standard InChI is InChI=1S/C69H74BN3S/c1-43-44-31-33-69(12,34-32-44)54-42-61-53(39-52(43)54)63-64(74-61)70-57-40-55-56(68(10,11)36-35-67(55,8)9)41-58(57)72(49-27-23-45(24-28-49)65(2,3)4)59-37-51(71(47-19-15-13-16-20-47)48-21-17-14-18-22-48)38-60(62(59)70)73(63)50-29-25-46(26-30-50)66(5,6)7/h13-30,37-44H,31-36H2,1-12H3. The van der Waals surface area contributed by atoms with Crippen LogP contribution < -0.4 is 30.4 Å². The number of hydrogen-bond donors (Lipinski definition) is 0. The predicted molar refractivity (Wildman–Crippen MR) is 321 cm³/mol. The quantitative estimate of drug-likeness (QED) is 0.159. The van der Waals surface area contributed by atoms with E-state index in [2.05, 4.69) is 255 Å². The second-order valence-electron chi connectivity index (χ2n) is 26.8. The highest BCUT2D eigenvalue weighted by Crippen LogP contribution is 2.57. The molecule has 1 fully saturated rings. The van der Waals surface area contributed by atoms with Gasteiger partial charge in [-0.2, -0.15) is 0 Å². The van der Waals surface area contributed by atoms with Gasteiger partial charge in [-0.25, -0.2) is 0 Å². The number of thiophene rings is 1. The Kier molecular flexibility index (Phi) is 10.6. The summed E-state index contributed by atoms with van der Waals surface area (Å²) in [5.74, 6) is 1.26. The van der Waals surface area contributed by atoms with Gasteiger partial charge in [-0.15, -0.1) is 11.3 Å². The number of rotatable bonds is 5. The first kappa shape index (κ1) is 47.7. The van der Waals surface area contributed by atoms with Crippen molar-refractivity contribution in [1.29, 1.82) is 0 Å². The van der Waals surface area contributed by atoms with E-state index >= 15 is 0 Å². The number of hydrogen-bond acceptors (Lipinski definition) is 4. The van der Waals surface area contributed by atoms with Crippen LogP contribution in [0.15, 0.2) is 146 Å². The van der Waals surface area contributed by atoms with Gasteiger partial charge in [0.2, 0.25) is 0 Å². The highest BCUT2D eigenvalue weighted by molar-refractivity contribution is 7.33. The minimum absolute atomic E-state index is 0.0175. The summed E-state index contributed by atoms with van der Waals surface area (Å²) in [5, 5.41) is 1.40. The third-order valence-corrected chi connectivity index (χ3v) is 20.2. The molecule has 2 aliphatic heterocycles. The summed E-state index contributed by atoms with van der Waals surface area (Å²) >= 11 is 2.09. The Hall–Kier alpha value is -6.04. The monoisotopic (exact) mass is 988 g/mol. The van der Waals surface area contributed by atoms with Crippen molar-refractivity contribution < 1.29 is 0 Å². The van der Waals surface area contributed by atoms with Crippen molar-refractivity contribution in [2.45, 2.75) is 155 Å². The lowest BCUT2D eigenvalue weighted by Crippen LogP contribution is -2.61. The number of fused-ring (bicyclic) bond motifs is 9. The minimum Gasteiger partial charge on any atom is -0.311 e. The molecule has 8 aromatic rings. The average Bonchev–Trinajstić information content (AvgIpc) is 3.67. The van der Waals surface area contributed by atoms with Gasteiger partial charge in [0, 0.05) is 54.7 Å². The molecule has 7 aromatic carbocycles. The van der Waals surface area contributed by atoms with Crippen LogP contribution in [0.25, 0.3) is 10.1 Å². The SMILES string of the molecule is CC1c2cc3c4c(sc3cc2C2(C)CCC1CC2)B1c2cc3c(cc2N(c2ccc(C(C)(C)C)cc2)c2cc(N(c5ccccc5)c5ccccc5)cc(c21)N4c1ccc(C(C)(C)C)cc1)C(C)(C)CCC3(C)C. The molecule has 1 unspecified atom stereocenters. The van der Waals surface area contributed by atoms with E-state index in [0.717, 1.165) is 29.4 Å². The highest BCUT2D eigenvalue weighted by atomic mass is 32.1. The third-order valence-electron chi connectivity index (χ3n) is 19.0. The summed E-state index contributed by atoms with van der Waals surface area (Å²) in [5.41, 5.74) is 23.0. The largest absolute Gasteiger partial charge is 0.311 e. The van der Waals surface area contributed by atoms with Crippen LogP contribution in [0.1, 0.15) is 161 Å². The smallest absolute Gasteiger partial charge is 0.264 e. The van der Waals surface area contributed by atoms with Crippen molar-refractivity contribution in [3.05, 3.63) is 179 Å². The molecule has 1 atom stereocenters. The maximum absolute atomic E-state index is 2.72. The van der Waals surface area contributed by atoms with Gasteiger partial charge in [-0.1, -0.05) is 150 Å². The number of nitrogens with zero attached hydrogens (tertiary/aromatic N) is 3. The topological polar surface area (TPSA) is 9.72 Å². The maximum Gasteiger partial charge on any atom is 0.264 e. The van der Waals surface area contributed by atoms with Gasteiger partial charge in [0.1, 0.15) is 0 Å². The molecule has 14 rings (SSSR count). The second-order valence-corrected chi connectivity index (χ2v) is 27.8. The average molecular weight is 988 g/mol. The molecule has 0 radical (unpaired) electrons. The fourth-order valence-corrected chi connectivity index (χ4v) is 15.6. The van der Waals surface area contributed by atoms with Gasteiger partial charge >= 0.3 is 0 Å². The van der Waals surface area contributed by atoms with E-state index < -0.39 is 0 Å². The van der Waals surface area contributed by atoms with Crippen LogP contribution in [-0.2, 0) is 27.1 Å². The van der Waals surface area contributed by atoms with Crippen molar-refractivity contribution in [2.75, 3.05) is 14.7 Å². The second kappa shape index (κ2) is 16.5. The minimum atomic E-state index is 0.0175. The van der Waals surface area contributed by atoms with E-state index in [0.29, 0.717) is 5.92 Å². The highest BCUT2D eigenvalue weighted by Gasteiger charge is 2.49. The van der Waals surface area contributed by atoms with Gasteiger partial charge in [0.15, 0.2) is 0 Å². The van der Waals surface area contributed by atoms with Crippen LogP contribution >= 0.6 is 11.3 Å². The molecule has 0 saturated heterocycles. The predicted octanol–water partition coefficient (Wildman–Crippen LogP) is 18.0. The van der Waals surface area contributed by atoms with E-state index in [1.807, 2.05) is 0 Å². The molecular formula is C69H74BN3S. The molecular weight excluding hydrogens is 914 g/mol. The van der Waals surface area contributed by atoms with Gasteiger partial charge in [-0.3, -0.25) is 0 Å². The first-order valence-corrected chi connectivity index (χ1v) is 28.7. The van der Waals surface area contributed by atoms with Crippen LogP contribution in [-0.4, -0.2) is 6.71 Å². The van der Waals surface area contributed by atoms with Crippen LogP contribution in [0.3, 0.4) is 0 Å². The summed E-state index contributed by atoms with van der Waals surface area (Å²) in [6, 6.07) is 57.2. The molecule has 374 valence electrons. The molecule has 6 aliphatic rings. The van der Waals surface area contributed by atoms with E-state index in [-0.39, 0.29) is 33.8 Å². The maximum atomic E-state index is 2.72. The molecule has 1 aromatic heterocycles. The summed E-state index contributed by atoms with van der Waals surface area (Å²) in [6.45, 7) is 29.1. The Bertz CT molecular complexity index is 3470. The van der Waals surface area contributed by atoms with Crippen LogP contribution in [0.4, 0.5) is 51.2 Å². The van der Waals surface area contributed by atoms with Crippen molar-refractivity contribution >= 4 is 95.0 Å². The summed E-state index contributed by atoms with van der Waals surface area (Å²) in [4.78, 5) is 7.88. The number of para-hydroxylation sites is 2. The molecule has 3 nitrogen and oxygen atoms in total. The van der Waals surface area contributed by atoms with Crippen LogP contribution in [0.5, 0.6) is 0 Å². The first-order chi connectivity index (χ1) is 35.2. The Balaban J connectivity index is 1.19. The van der Waals surface area contributed by atoms with E-state index in [1.54, 1.807) is 11.1 Å². The van der Waals surface area contributed by atoms with Crippen molar-refractivity contribution in [3.63, 3.8) is 0 Å². The molecule has 5 heteroatoms. The third kappa shape index (κ3) is 7.32. The molecule has 1 saturated carbocycles. The zero-order chi connectivity index (χ0) is 51.4. The van der Waals surface area contributed by atoms with Crippen LogP contribution in [0.2, 0.25) is 0 Å². The summed E-state index contributed by atoms with van der Waals surface area (Å²) in [7, 11) is 0. The zero-order valence-electron chi connectivity index (χ0n) is 46.1. The zero-order valence-corrected chi connectivity index (χ0v) is 46.9. The molecule has 0 N–H and O–H groups in total. The van der Waals surface area contributed by atoms with E-state index in [9.17, 15) is 0 Å². The lowest BCUT2D eigenvalue weighted by atomic mass is 9.35. The molecule has 74 heavy (non-hydrogen) atoms. The fourth-order valence-electron chi connectivity index (χ4n) is 14.3. The van der Waals surface area contributed by atoms with E-state index in [1.165, 1.54) is 114 Å². The molecule has 3 heterocycles. The van der Waals surface area contributed by atoms with Gasteiger partial charge in [-0.05, 0) is 201 Å².